The average Bonchev–Trinajstić information content (AvgIpc) is 2.15. The second kappa shape index (κ2) is 2.86. The first-order valence-electron chi connectivity index (χ1n) is 3.60. The second-order valence-electron chi connectivity index (χ2n) is 2.89. The van der Waals surface area contributed by atoms with Gasteiger partial charge in [0.1, 0.15) is 0 Å². The van der Waals surface area contributed by atoms with Gasteiger partial charge >= 0.3 is 0 Å². The Morgan fingerprint density at radius 2 is 2.10 bits per heavy atom. The topological polar surface area (TPSA) is 20.3 Å². The number of ketones is 1. The minimum atomic E-state index is 0.328. The Labute approximate surface area is 61.5 Å². The van der Waals surface area contributed by atoms with Crippen molar-refractivity contribution < 1.29 is 4.79 Å². The Hall–Kier alpha value is -0.790. The number of carbonyl (C=O) groups is 1. The van der Waals surface area contributed by atoms with Gasteiger partial charge in [0.25, 0.3) is 0 Å². The van der Waals surface area contributed by atoms with Crippen LogP contribution in [0.2, 0.25) is 0 Å². The van der Waals surface area contributed by atoms with Gasteiger partial charge in [-0.25, -0.2) is 0 Å². The van der Waals surface area contributed by atoms with Crippen molar-refractivity contribution in [3.05, 3.63) is 11.8 Å². The molecule has 1 aliphatic rings. The van der Waals surface area contributed by atoms with E-state index in [4.69, 9.17) is 0 Å². The van der Waals surface area contributed by atoms with Crippen molar-refractivity contribution in [2.75, 3.05) is 14.1 Å². The lowest BCUT2D eigenvalue weighted by molar-refractivity contribution is -0.114. The normalized spacial score (nSPS) is 22.2. The summed E-state index contributed by atoms with van der Waals surface area (Å²) < 4.78 is 0. The zero-order chi connectivity index (χ0) is 7.56. The molecule has 0 amide bonds. The van der Waals surface area contributed by atoms with Crippen LogP contribution in [-0.4, -0.2) is 24.8 Å². The first-order valence-corrected chi connectivity index (χ1v) is 3.60. The molecule has 1 aliphatic carbocycles. The van der Waals surface area contributed by atoms with E-state index in [1.165, 1.54) is 0 Å². The highest BCUT2D eigenvalue weighted by molar-refractivity contribution is 5.97. The molecule has 1 saturated carbocycles. The van der Waals surface area contributed by atoms with E-state index in [2.05, 4.69) is 0 Å². The van der Waals surface area contributed by atoms with Crippen molar-refractivity contribution >= 4 is 5.78 Å². The van der Waals surface area contributed by atoms with Gasteiger partial charge in [0, 0.05) is 32.3 Å². The van der Waals surface area contributed by atoms with E-state index in [1.54, 1.807) is 0 Å². The molecule has 0 unspecified atom stereocenters. The summed E-state index contributed by atoms with van der Waals surface area (Å²) in [6, 6.07) is 0. The second-order valence-corrected chi connectivity index (χ2v) is 2.89. The maximum absolute atomic E-state index is 11.0. The number of nitrogens with zero attached hydrogens (tertiary/aromatic N) is 1. The van der Waals surface area contributed by atoms with Crippen LogP contribution in [0, 0.1) is 0 Å². The lowest BCUT2D eigenvalue weighted by Gasteiger charge is -2.04. The minimum Gasteiger partial charge on any atom is -0.383 e. The molecule has 0 bridgehead atoms. The van der Waals surface area contributed by atoms with E-state index in [9.17, 15) is 4.79 Å². The highest BCUT2D eigenvalue weighted by Gasteiger charge is 2.16. The van der Waals surface area contributed by atoms with E-state index in [-0.39, 0.29) is 0 Å². The monoisotopic (exact) mass is 139 g/mol. The number of Topliss-reactive ketones (excluding diaryl/α,β-unsaturated/α-hetero) is 1. The summed E-state index contributed by atoms with van der Waals surface area (Å²) in [6.45, 7) is 0. The lowest BCUT2D eigenvalue weighted by atomic mass is 10.2. The molecule has 0 aromatic heterocycles. The van der Waals surface area contributed by atoms with Crippen molar-refractivity contribution in [1.82, 2.24) is 4.90 Å². The van der Waals surface area contributed by atoms with Crippen LogP contribution in [0.5, 0.6) is 0 Å². The maximum atomic E-state index is 11.0. The Bertz CT molecular complexity index is 170. The zero-order valence-electron chi connectivity index (χ0n) is 6.55. The third-order valence-corrected chi connectivity index (χ3v) is 1.62. The molecular weight excluding hydrogens is 126 g/mol. The van der Waals surface area contributed by atoms with Gasteiger partial charge in [-0.3, -0.25) is 4.79 Å². The molecule has 2 nitrogen and oxygen atoms in total. The van der Waals surface area contributed by atoms with E-state index < -0.39 is 0 Å². The van der Waals surface area contributed by atoms with Crippen molar-refractivity contribution in [1.29, 1.82) is 0 Å². The average molecular weight is 139 g/mol. The van der Waals surface area contributed by atoms with Crippen molar-refractivity contribution in [2.45, 2.75) is 19.3 Å². The standard InChI is InChI=1S/C8H13NO/c1-9(2)6-7-4-3-5-8(7)10/h6H,3-5H2,1-2H3/b7-6+. The van der Waals surface area contributed by atoms with Gasteiger partial charge < -0.3 is 4.90 Å². The van der Waals surface area contributed by atoms with Crippen molar-refractivity contribution in [3.63, 3.8) is 0 Å². The molecule has 0 N–H and O–H groups in total. The van der Waals surface area contributed by atoms with Gasteiger partial charge in [-0.1, -0.05) is 0 Å². The van der Waals surface area contributed by atoms with Gasteiger partial charge in [0.2, 0.25) is 0 Å². The van der Waals surface area contributed by atoms with Crippen LogP contribution in [0.1, 0.15) is 19.3 Å². The van der Waals surface area contributed by atoms with Gasteiger partial charge in [-0.15, -0.1) is 0 Å². The molecule has 1 fully saturated rings. The molecule has 0 atom stereocenters. The third-order valence-electron chi connectivity index (χ3n) is 1.62. The Balaban J connectivity index is 2.62. The molecule has 0 saturated heterocycles. The molecule has 0 radical (unpaired) electrons. The van der Waals surface area contributed by atoms with Crippen molar-refractivity contribution in [3.8, 4) is 0 Å². The number of rotatable bonds is 1. The summed E-state index contributed by atoms with van der Waals surface area (Å²) >= 11 is 0. The summed E-state index contributed by atoms with van der Waals surface area (Å²) in [4.78, 5) is 12.9. The Morgan fingerprint density at radius 1 is 1.40 bits per heavy atom. The zero-order valence-corrected chi connectivity index (χ0v) is 6.55. The number of carbonyl (C=O) groups excluding carboxylic acids is 1. The molecule has 0 aromatic rings. The van der Waals surface area contributed by atoms with Crippen LogP contribution in [0.15, 0.2) is 11.8 Å². The van der Waals surface area contributed by atoms with Gasteiger partial charge in [0.15, 0.2) is 5.78 Å². The van der Waals surface area contributed by atoms with Gasteiger partial charge in [0.05, 0.1) is 0 Å². The summed E-state index contributed by atoms with van der Waals surface area (Å²) in [5.41, 5.74) is 0.991. The smallest absolute Gasteiger partial charge is 0.160 e. The SMILES string of the molecule is CN(C)/C=C1\CCCC1=O. The molecule has 0 aromatic carbocycles. The molecule has 10 heavy (non-hydrogen) atoms. The fourth-order valence-electron chi connectivity index (χ4n) is 1.19. The fraction of sp³-hybridized carbons (Fsp3) is 0.625. The van der Waals surface area contributed by atoms with E-state index >= 15 is 0 Å². The molecule has 0 heterocycles. The molecule has 2 heteroatoms. The number of hydrogen-bond acceptors (Lipinski definition) is 2. The molecule has 56 valence electrons. The largest absolute Gasteiger partial charge is 0.383 e. The van der Waals surface area contributed by atoms with E-state index in [0.717, 1.165) is 24.8 Å². The third kappa shape index (κ3) is 1.59. The van der Waals surface area contributed by atoms with Crippen LogP contribution >= 0.6 is 0 Å². The van der Waals surface area contributed by atoms with Gasteiger partial charge in [-0.05, 0) is 12.8 Å². The van der Waals surface area contributed by atoms with Gasteiger partial charge in [-0.2, -0.15) is 0 Å². The fourth-order valence-corrected chi connectivity index (χ4v) is 1.19. The van der Waals surface area contributed by atoms with E-state index in [0.29, 0.717) is 5.78 Å². The van der Waals surface area contributed by atoms with Crippen LogP contribution < -0.4 is 0 Å². The highest BCUT2D eigenvalue weighted by atomic mass is 16.1. The molecule has 1 rings (SSSR count). The maximum Gasteiger partial charge on any atom is 0.160 e. The highest BCUT2D eigenvalue weighted by Crippen LogP contribution is 2.19. The number of allylic oxidation sites excluding steroid dienone is 1. The quantitative estimate of drug-likeness (QED) is 0.508. The minimum absolute atomic E-state index is 0.328. The molecule has 0 aliphatic heterocycles. The molecule has 0 spiro atoms. The Kier molecular flexibility index (Phi) is 2.10. The number of hydrogen-bond donors (Lipinski definition) is 0. The predicted octanol–water partition coefficient (Wildman–Crippen LogP) is 1.18. The summed E-state index contributed by atoms with van der Waals surface area (Å²) in [5.74, 6) is 0.328. The van der Waals surface area contributed by atoms with E-state index in [1.807, 2.05) is 25.2 Å². The first kappa shape index (κ1) is 7.32. The van der Waals surface area contributed by atoms with Crippen LogP contribution in [0.25, 0.3) is 0 Å². The van der Waals surface area contributed by atoms with Crippen LogP contribution in [0.4, 0.5) is 0 Å². The lowest BCUT2D eigenvalue weighted by Crippen LogP contribution is -2.04. The summed E-state index contributed by atoms with van der Waals surface area (Å²) in [6.07, 6.45) is 4.69. The summed E-state index contributed by atoms with van der Waals surface area (Å²) in [7, 11) is 3.89. The summed E-state index contributed by atoms with van der Waals surface area (Å²) in [5, 5.41) is 0. The first-order chi connectivity index (χ1) is 4.70. The molecular formula is C8H13NO. The van der Waals surface area contributed by atoms with Crippen LogP contribution in [0.3, 0.4) is 0 Å². The van der Waals surface area contributed by atoms with Crippen LogP contribution in [-0.2, 0) is 4.79 Å². The van der Waals surface area contributed by atoms with Crippen molar-refractivity contribution in [2.24, 2.45) is 0 Å². The predicted molar refractivity (Wildman–Crippen MR) is 40.6 cm³/mol. The Morgan fingerprint density at radius 3 is 2.50 bits per heavy atom.